The van der Waals surface area contributed by atoms with Gasteiger partial charge >= 0.3 is 5.97 Å². The van der Waals surface area contributed by atoms with E-state index in [1.54, 1.807) is 31.2 Å². The van der Waals surface area contributed by atoms with Crippen LogP contribution in [0.1, 0.15) is 36.5 Å². The highest BCUT2D eigenvalue weighted by Gasteiger charge is 2.52. The second-order valence-electron chi connectivity index (χ2n) is 9.17. The molecule has 1 aliphatic carbocycles. The molecule has 0 aromatic heterocycles. The molecule has 8 nitrogen and oxygen atoms in total. The van der Waals surface area contributed by atoms with Crippen LogP contribution >= 0.6 is 0 Å². The van der Waals surface area contributed by atoms with Crippen LogP contribution < -0.4 is 14.8 Å². The molecule has 37 heavy (non-hydrogen) atoms. The molecule has 0 atom stereocenters. The smallest absolute Gasteiger partial charge is 0.316 e. The number of carbonyl (C=O) groups is 2. The van der Waals surface area contributed by atoms with Crippen LogP contribution in [-0.2, 0) is 29.8 Å². The van der Waals surface area contributed by atoms with Crippen molar-refractivity contribution in [3.8, 4) is 5.75 Å². The Balaban J connectivity index is 1.30. The highest BCUT2D eigenvalue weighted by atomic mass is 32.2. The minimum atomic E-state index is -3.77. The van der Waals surface area contributed by atoms with Crippen LogP contribution in [0.5, 0.6) is 5.75 Å². The zero-order chi connectivity index (χ0) is 26.6. The molecule has 4 rings (SSSR count). The Labute approximate surface area is 217 Å². The molecule has 0 radical (unpaired) electrons. The molecule has 1 amide bonds. The van der Waals surface area contributed by atoms with E-state index in [1.165, 1.54) is 24.3 Å². The molecule has 0 heterocycles. The van der Waals surface area contributed by atoms with E-state index in [0.717, 1.165) is 29.5 Å². The Morgan fingerprint density at radius 2 is 1.51 bits per heavy atom. The Bertz CT molecular complexity index is 1380. The molecule has 194 valence electrons. The minimum Gasteiger partial charge on any atom is -0.484 e. The topological polar surface area (TPSA) is 111 Å². The predicted octanol–water partition coefficient (Wildman–Crippen LogP) is 4.72. The first-order chi connectivity index (χ1) is 17.6. The first-order valence-corrected chi connectivity index (χ1v) is 13.5. The average molecular weight is 523 g/mol. The Hall–Kier alpha value is -3.85. The van der Waals surface area contributed by atoms with Gasteiger partial charge in [0.05, 0.1) is 16.9 Å². The fourth-order valence-corrected chi connectivity index (χ4v) is 5.23. The maximum atomic E-state index is 12.7. The van der Waals surface area contributed by atoms with Gasteiger partial charge in [-0.05, 0) is 98.8 Å². The molecule has 0 spiro atoms. The number of benzene rings is 3. The molecule has 1 saturated carbocycles. The van der Waals surface area contributed by atoms with Gasteiger partial charge < -0.3 is 14.8 Å². The number of sulfonamides is 1. The van der Waals surface area contributed by atoms with Crippen LogP contribution in [0, 0.1) is 13.8 Å². The van der Waals surface area contributed by atoms with E-state index in [0.29, 0.717) is 23.7 Å². The summed E-state index contributed by atoms with van der Waals surface area (Å²) in [4.78, 5) is 24.7. The summed E-state index contributed by atoms with van der Waals surface area (Å²) in [6, 6.07) is 18.5. The van der Waals surface area contributed by atoms with Crippen molar-refractivity contribution in [2.75, 3.05) is 23.3 Å². The summed E-state index contributed by atoms with van der Waals surface area (Å²) in [6.45, 7) is 5.68. The Morgan fingerprint density at radius 1 is 0.892 bits per heavy atom. The highest BCUT2D eigenvalue weighted by molar-refractivity contribution is 7.92. The van der Waals surface area contributed by atoms with Gasteiger partial charge in [-0.2, -0.15) is 0 Å². The second kappa shape index (κ2) is 10.6. The van der Waals surface area contributed by atoms with Gasteiger partial charge in [-0.1, -0.05) is 18.2 Å². The number of hydrogen-bond donors (Lipinski definition) is 2. The summed E-state index contributed by atoms with van der Waals surface area (Å²) in [6.07, 6.45) is 1.51. The number of nitrogens with one attached hydrogen (secondary N) is 2. The van der Waals surface area contributed by atoms with Gasteiger partial charge in [-0.3, -0.25) is 14.3 Å². The number of anilines is 2. The maximum absolute atomic E-state index is 12.7. The molecular formula is C28H30N2O6S. The molecule has 9 heteroatoms. The molecule has 0 unspecified atom stereocenters. The third kappa shape index (κ3) is 6.29. The molecule has 1 aliphatic rings. The number of carbonyl (C=O) groups excluding carboxylic acids is 2. The van der Waals surface area contributed by atoms with E-state index < -0.39 is 15.4 Å². The summed E-state index contributed by atoms with van der Waals surface area (Å²) < 4.78 is 38.7. The number of aryl methyl sites for hydroxylation is 2. The van der Waals surface area contributed by atoms with Crippen molar-refractivity contribution in [3.63, 3.8) is 0 Å². The van der Waals surface area contributed by atoms with Crippen molar-refractivity contribution in [2.24, 2.45) is 0 Å². The van der Waals surface area contributed by atoms with Gasteiger partial charge in [-0.25, -0.2) is 8.42 Å². The normalized spacial score (nSPS) is 13.9. The second-order valence-corrected chi connectivity index (χ2v) is 10.9. The first kappa shape index (κ1) is 26.2. The van der Waals surface area contributed by atoms with Crippen molar-refractivity contribution in [3.05, 3.63) is 83.4 Å². The van der Waals surface area contributed by atoms with Crippen LogP contribution in [0.2, 0.25) is 0 Å². The fourth-order valence-electron chi connectivity index (χ4n) is 4.19. The van der Waals surface area contributed by atoms with Crippen molar-refractivity contribution in [1.29, 1.82) is 0 Å². The number of ether oxygens (including phenoxy) is 2. The highest BCUT2D eigenvalue weighted by Crippen LogP contribution is 2.49. The third-order valence-corrected chi connectivity index (χ3v) is 7.51. The van der Waals surface area contributed by atoms with Gasteiger partial charge in [0.15, 0.2) is 6.61 Å². The predicted molar refractivity (Wildman–Crippen MR) is 141 cm³/mol. The van der Waals surface area contributed by atoms with Gasteiger partial charge in [0.2, 0.25) is 0 Å². The average Bonchev–Trinajstić information content (AvgIpc) is 3.65. The number of hydrogen-bond acceptors (Lipinski definition) is 6. The summed E-state index contributed by atoms with van der Waals surface area (Å²) in [5, 5.41) is 2.75. The number of amides is 1. The van der Waals surface area contributed by atoms with Gasteiger partial charge in [-0.15, -0.1) is 0 Å². The summed E-state index contributed by atoms with van der Waals surface area (Å²) in [5.41, 5.74) is 3.31. The van der Waals surface area contributed by atoms with Crippen LogP contribution in [0.3, 0.4) is 0 Å². The summed E-state index contributed by atoms with van der Waals surface area (Å²) in [7, 11) is -3.77. The van der Waals surface area contributed by atoms with E-state index >= 15 is 0 Å². The van der Waals surface area contributed by atoms with Crippen molar-refractivity contribution in [2.45, 2.75) is 43.9 Å². The van der Waals surface area contributed by atoms with Crippen LogP contribution in [0.25, 0.3) is 0 Å². The first-order valence-electron chi connectivity index (χ1n) is 12.0. The monoisotopic (exact) mass is 522 g/mol. The van der Waals surface area contributed by atoms with E-state index in [1.807, 2.05) is 32.0 Å². The van der Waals surface area contributed by atoms with Crippen LogP contribution in [0.15, 0.2) is 71.6 Å². The van der Waals surface area contributed by atoms with Crippen molar-refractivity contribution < 1.29 is 27.5 Å². The van der Waals surface area contributed by atoms with E-state index in [4.69, 9.17) is 9.47 Å². The molecule has 3 aromatic rings. The van der Waals surface area contributed by atoms with Crippen LogP contribution in [0.4, 0.5) is 11.4 Å². The summed E-state index contributed by atoms with van der Waals surface area (Å²) >= 11 is 0. The molecular weight excluding hydrogens is 492 g/mol. The molecule has 0 bridgehead atoms. The Kier molecular flexibility index (Phi) is 7.54. The molecule has 2 N–H and O–H groups in total. The number of esters is 1. The standard InChI is InChI=1S/C28H30N2O6S/c1-4-35-27(32)28(13-14-28)21-5-7-22(8-6-21)29-26(31)18-36-24-9-11-25(12-10-24)37(33,34)30-23-16-19(2)15-20(3)17-23/h5-12,15-17,30H,4,13-14,18H2,1-3H3,(H,29,31). The lowest BCUT2D eigenvalue weighted by molar-refractivity contribution is -0.146. The fraction of sp³-hybridized carbons (Fsp3) is 0.286. The van der Waals surface area contributed by atoms with E-state index in [2.05, 4.69) is 10.0 Å². The maximum Gasteiger partial charge on any atom is 0.316 e. The quantitative estimate of drug-likeness (QED) is 0.373. The van der Waals surface area contributed by atoms with Crippen LogP contribution in [-0.4, -0.2) is 33.5 Å². The molecule has 1 fully saturated rings. The lowest BCUT2D eigenvalue weighted by Gasteiger charge is -2.15. The summed E-state index contributed by atoms with van der Waals surface area (Å²) in [5.74, 6) is -0.214. The third-order valence-electron chi connectivity index (χ3n) is 6.12. The molecule has 3 aromatic carbocycles. The van der Waals surface area contributed by atoms with E-state index in [9.17, 15) is 18.0 Å². The minimum absolute atomic E-state index is 0.0832. The lowest BCUT2D eigenvalue weighted by atomic mass is 9.96. The van der Waals surface area contributed by atoms with E-state index in [-0.39, 0.29) is 23.4 Å². The molecule has 0 aliphatic heterocycles. The van der Waals surface area contributed by atoms with Gasteiger partial charge in [0, 0.05) is 11.4 Å². The van der Waals surface area contributed by atoms with Gasteiger partial charge in [0.1, 0.15) is 5.75 Å². The van der Waals surface area contributed by atoms with Crippen molar-refractivity contribution >= 4 is 33.3 Å². The lowest BCUT2D eigenvalue weighted by Crippen LogP contribution is -2.23. The molecule has 0 saturated heterocycles. The van der Waals surface area contributed by atoms with Crippen molar-refractivity contribution in [1.82, 2.24) is 0 Å². The van der Waals surface area contributed by atoms with Gasteiger partial charge in [0.25, 0.3) is 15.9 Å². The SMILES string of the molecule is CCOC(=O)C1(c2ccc(NC(=O)COc3ccc(S(=O)(=O)Nc4cc(C)cc(C)c4)cc3)cc2)CC1. The largest absolute Gasteiger partial charge is 0.484 e. The Morgan fingerprint density at radius 3 is 2.08 bits per heavy atom. The zero-order valence-corrected chi connectivity index (χ0v) is 21.9. The zero-order valence-electron chi connectivity index (χ0n) is 21.0. The number of rotatable bonds is 10.